The summed E-state index contributed by atoms with van der Waals surface area (Å²) in [5.74, 6) is 2.28. The van der Waals surface area contributed by atoms with Crippen LogP contribution in [0.3, 0.4) is 0 Å². The summed E-state index contributed by atoms with van der Waals surface area (Å²) in [5, 5.41) is 7.98. The number of hydrogen-bond donors (Lipinski definition) is 1. The second-order valence-corrected chi connectivity index (χ2v) is 5.98. The summed E-state index contributed by atoms with van der Waals surface area (Å²) >= 11 is 0. The molecule has 112 valence electrons. The van der Waals surface area contributed by atoms with E-state index in [1.54, 1.807) is 10.8 Å². The fraction of sp³-hybridized carbons (Fsp3) is 0.353. The van der Waals surface area contributed by atoms with Gasteiger partial charge in [-0.1, -0.05) is 36.8 Å². The minimum absolute atomic E-state index is 0.309. The average molecular weight is 293 g/mol. The van der Waals surface area contributed by atoms with Gasteiger partial charge in [0.15, 0.2) is 0 Å². The second-order valence-electron chi connectivity index (χ2n) is 5.98. The van der Waals surface area contributed by atoms with Crippen LogP contribution in [0.25, 0.3) is 5.78 Å². The van der Waals surface area contributed by atoms with E-state index in [1.165, 1.54) is 24.8 Å². The molecule has 5 nitrogen and oxygen atoms in total. The van der Waals surface area contributed by atoms with Gasteiger partial charge in [-0.3, -0.25) is 0 Å². The third-order valence-electron chi connectivity index (χ3n) is 4.46. The molecule has 5 heteroatoms. The minimum atomic E-state index is 0.309. The van der Waals surface area contributed by atoms with E-state index < -0.39 is 0 Å². The van der Waals surface area contributed by atoms with E-state index in [9.17, 15) is 0 Å². The van der Waals surface area contributed by atoms with E-state index in [0.717, 1.165) is 11.5 Å². The molecule has 1 unspecified atom stereocenters. The highest BCUT2D eigenvalue weighted by Gasteiger charge is 2.29. The summed E-state index contributed by atoms with van der Waals surface area (Å²) in [7, 11) is 0. The van der Waals surface area contributed by atoms with E-state index in [2.05, 4.69) is 50.7 Å². The van der Waals surface area contributed by atoms with Crippen LogP contribution in [0, 0.1) is 12.8 Å². The SMILES string of the molecule is Cc1cc(NC(c2ccccc2)C2CCC2)n2ncnc2n1. The smallest absolute Gasteiger partial charge is 0.254 e. The van der Waals surface area contributed by atoms with Gasteiger partial charge in [-0.25, -0.2) is 4.98 Å². The summed E-state index contributed by atoms with van der Waals surface area (Å²) in [4.78, 5) is 8.60. The van der Waals surface area contributed by atoms with Crippen molar-refractivity contribution in [2.45, 2.75) is 32.2 Å². The molecule has 0 aliphatic heterocycles. The van der Waals surface area contributed by atoms with Crippen molar-refractivity contribution in [3.63, 3.8) is 0 Å². The van der Waals surface area contributed by atoms with Crippen LogP contribution in [0.15, 0.2) is 42.7 Å². The number of aryl methyl sites for hydroxylation is 1. The molecule has 0 saturated heterocycles. The van der Waals surface area contributed by atoms with Crippen molar-refractivity contribution in [3.05, 3.63) is 54.0 Å². The maximum Gasteiger partial charge on any atom is 0.254 e. The molecule has 1 saturated carbocycles. The molecule has 1 aliphatic rings. The Bertz CT molecular complexity index is 776. The lowest BCUT2D eigenvalue weighted by atomic mass is 9.77. The number of nitrogens with zero attached hydrogens (tertiary/aromatic N) is 4. The Morgan fingerprint density at radius 2 is 2.05 bits per heavy atom. The first-order chi connectivity index (χ1) is 10.8. The van der Waals surface area contributed by atoms with Crippen molar-refractivity contribution >= 4 is 11.6 Å². The van der Waals surface area contributed by atoms with Crippen LogP contribution < -0.4 is 5.32 Å². The third kappa shape index (κ3) is 2.32. The van der Waals surface area contributed by atoms with Gasteiger partial charge in [0.2, 0.25) is 0 Å². The number of hydrogen-bond acceptors (Lipinski definition) is 4. The van der Waals surface area contributed by atoms with Gasteiger partial charge in [-0.05, 0) is 31.2 Å². The van der Waals surface area contributed by atoms with Crippen LogP contribution in [0.5, 0.6) is 0 Å². The largest absolute Gasteiger partial charge is 0.363 e. The van der Waals surface area contributed by atoms with Crippen LogP contribution in [-0.4, -0.2) is 19.6 Å². The monoisotopic (exact) mass is 293 g/mol. The van der Waals surface area contributed by atoms with Gasteiger partial charge in [0, 0.05) is 11.8 Å². The van der Waals surface area contributed by atoms with Gasteiger partial charge in [-0.15, -0.1) is 0 Å². The highest BCUT2D eigenvalue weighted by Crippen LogP contribution is 2.39. The molecule has 22 heavy (non-hydrogen) atoms. The van der Waals surface area contributed by atoms with Gasteiger partial charge in [0.1, 0.15) is 12.1 Å². The predicted octanol–water partition coefficient (Wildman–Crippen LogP) is 3.39. The highest BCUT2D eigenvalue weighted by atomic mass is 15.4. The van der Waals surface area contributed by atoms with Crippen molar-refractivity contribution in [3.8, 4) is 0 Å². The Balaban J connectivity index is 1.72. The molecule has 1 aliphatic carbocycles. The summed E-state index contributed by atoms with van der Waals surface area (Å²) in [6.45, 7) is 1.99. The number of aromatic nitrogens is 4. The molecule has 1 N–H and O–H groups in total. The number of benzene rings is 1. The van der Waals surface area contributed by atoms with E-state index >= 15 is 0 Å². The average Bonchev–Trinajstić information content (AvgIpc) is 2.94. The Kier molecular flexibility index (Phi) is 3.25. The van der Waals surface area contributed by atoms with Gasteiger partial charge >= 0.3 is 0 Å². The fourth-order valence-corrected chi connectivity index (χ4v) is 3.10. The lowest BCUT2D eigenvalue weighted by Gasteiger charge is -2.35. The Labute approximate surface area is 129 Å². The molecular weight excluding hydrogens is 274 g/mol. The van der Waals surface area contributed by atoms with Crippen LogP contribution in [0.1, 0.15) is 36.6 Å². The molecule has 0 spiro atoms. The molecule has 3 aromatic rings. The number of rotatable bonds is 4. The zero-order valence-electron chi connectivity index (χ0n) is 12.6. The van der Waals surface area contributed by atoms with Gasteiger partial charge in [0.05, 0.1) is 6.04 Å². The molecule has 2 heterocycles. The normalized spacial score (nSPS) is 16.4. The Morgan fingerprint density at radius 1 is 1.23 bits per heavy atom. The molecule has 2 aromatic heterocycles. The van der Waals surface area contributed by atoms with Crippen molar-refractivity contribution in [2.75, 3.05) is 5.32 Å². The van der Waals surface area contributed by atoms with E-state index in [1.807, 2.05) is 13.0 Å². The van der Waals surface area contributed by atoms with Crippen LogP contribution in [0.2, 0.25) is 0 Å². The van der Waals surface area contributed by atoms with Crippen LogP contribution >= 0.6 is 0 Å². The minimum Gasteiger partial charge on any atom is -0.363 e. The molecular formula is C17H19N5. The lowest BCUT2D eigenvalue weighted by Crippen LogP contribution is -2.27. The van der Waals surface area contributed by atoms with E-state index in [0.29, 0.717) is 17.7 Å². The first-order valence-electron chi connectivity index (χ1n) is 7.80. The van der Waals surface area contributed by atoms with Crippen LogP contribution in [0.4, 0.5) is 5.82 Å². The zero-order valence-corrected chi connectivity index (χ0v) is 12.6. The topological polar surface area (TPSA) is 55.1 Å². The second kappa shape index (κ2) is 5.40. The molecule has 1 fully saturated rings. The van der Waals surface area contributed by atoms with Crippen LogP contribution in [-0.2, 0) is 0 Å². The third-order valence-corrected chi connectivity index (χ3v) is 4.46. The fourth-order valence-electron chi connectivity index (χ4n) is 3.10. The maximum absolute atomic E-state index is 4.40. The van der Waals surface area contributed by atoms with Crippen molar-refractivity contribution in [1.29, 1.82) is 0 Å². The summed E-state index contributed by atoms with van der Waals surface area (Å²) in [6, 6.07) is 13.0. The molecule has 4 rings (SSSR count). The Hall–Kier alpha value is -2.43. The quantitative estimate of drug-likeness (QED) is 0.801. The first-order valence-corrected chi connectivity index (χ1v) is 7.80. The number of anilines is 1. The number of fused-ring (bicyclic) bond motifs is 1. The van der Waals surface area contributed by atoms with E-state index in [4.69, 9.17) is 0 Å². The number of nitrogens with one attached hydrogen (secondary N) is 1. The predicted molar refractivity (Wildman–Crippen MR) is 85.7 cm³/mol. The summed E-state index contributed by atoms with van der Waals surface area (Å²) < 4.78 is 1.78. The molecule has 0 radical (unpaired) electrons. The standard InChI is InChI=1S/C17H19N5/c1-12-10-15(22-17(20-12)18-11-19-22)21-16(14-8-5-9-14)13-6-3-2-4-7-13/h2-4,6-7,10-11,14,16,21H,5,8-9H2,1H3. The lowest BCUT2D eigenvalue weighted by molar-refractivity contribution is 0.276. The molecule has 0 bridgehead atoms. The van der Waals surface area contributed by atoms with Crippen molar-refractivity contribution < 1.29 is 0 Å². The summed E-state index contributed by atoms with van der Waals surface area (Å²) in [6.07, 6.45) is 5.42. The summed E-state index contributed by atoms with van der Waals surface area (Å²) in [5.41, 5.74) is 2.28. The van der Waals surface area contributed by atoms with Gasteiger partial charge < -0.3 is 5.32 Å². The van der Waals surface area contributed by atoms with Gasteiger partial charge in [-0.2, -0.15) is 14.6 Å². The molecule has 1 aromatic carbocycles. The Morgan fingerprint density at radius 3 is 2.77 bits per heavy atom. The molecule has 1 atom stereocenters. The molecule has 0 amide bonds. The van der Waals surface area contributed by atoms with E-state index in [-0.39, 0.29) is 0 Å². The van der Waals surface area contributed by atoms with Crippen molar-refractivity contribution in [2.24, 2.45) is 5.92 Å². The zero-order chi connectivity index (χ0) is 14.9. The van der Waals surface area contributed by atoms with Gasteiger partial charge in [0.25, 0.3) is 5.78 Å². The highest BCUT2D eigenvalue weighted by molar-refractivity contribution is 5.47. The van der Waals surface area contributed by atoms with Crippen molar-refractivity contribution in [1.82, 2.24) is 19.6 Å². The first kappa shape index (κ1) is 13.2. The maximum atomic E-state index is 4.40.